The minimum atomic E-state index is -0.138. The van der Waals surface area contributed by atoms with Crippen LogP contribution in [0.25, 0.3) is 17.2 Å². The van der Waals surface area contributed by atoms with E-state index >= 15 is 0 Å². The zero-order valence-corrected chi connectivity index (χ0v) is 17.1. The number of fused-ring (bicyclic) bond motifs is 2. The van der Waals surface area contributed by atoms with E-state index < -0.39 is 0 Å². The highest BCUT2D eigenvalue weighted by molar-refractivity contribution is 6.30. The van der Waals surface area contributed by atoms with E-state index in [1.165, 1.54) is 25.7 Å². The summed E-state index contributed by atoms with van der Waals surface area (Å²) < 4.78 is 5.39. The third-order valence-corrected chi connectivity index (χ3v) is 7.02. The average molecular weight is 409 g/mol. The summed E-state index contributed by atoms with van der Waals surface area (Å²) in [6.07, 6.45) is 11.2. The first-order valence-corrected chi connectivity index (χ1v) is 10.9. The summed E-state index contributed by atoms with van der Waals surface area (Å²) in [4.78, 5) is 18.8. The second-order valence-corrected chi connectivity index (χ2v) is 8.86. The molecule has 5 heteroatoms. The van der Waals surface area contributed by atoms with E-state index in [1.807, 2.05) is 41.4 Å². The van der Waals surface area contributed by atoms with Crippen LogP contribution in [-0.2, 0) is 4.74 Å². The molecule has 29 heavy (non-hydrogen) atoms. The number of aromatic nitrogens is 1. The molecule has 1 saturated carbocycles. The van der Waals surface area contributed by atoms with Gasteiger partial charge >= 0.3 is 6.09 Å². The first kappa shape index (κ1) is 18.7. The van der Waals surface area contributed by atoms with Crippen LogP contribution < -0.4 is 0 Å². The van der Waals surface area contributed by atoms with Gasteiger partial charge in [-0.05, 0) is 54.5 Å². The van der Waals surface area contributed by atoms with E-state index in [0.29, 0.717) is 24.4 Å². The summed E-state index contributed by atoms with van der Waals surface area (Å²) >= 11 is 6.10. The lowest BCUT2D eigenvalue weighted by atomic mass is 9.67. The van der Waals surface area contributed by atoms with E-state index in [2.05, 4.69) is 23.2 Å². The predicted octanol–water partition coefficient (Wildman–Crippen LogP) is 5.67. The van der Waals surface area contributed by atoms with Crippen LogP contribution in [0.5, 0.6) is 0 Å². The number of piperidine rings is 1. The van der Waals surface area contributed by atoms with Gasteiger partial charge in [-0.25, -0.2) is 4.79 Å². The van der Waals surface area contributed by atoms with Crippen molar-refractivity contribution in [2.45, 2.75) is 31.7 Å². The first-order valence-electron chi connectivity index (χ1n) is 10.5. The number of benzene rings is 1. The number of cyclic esters (lactones) is 1. The Balaban J connectivity index is 1.37. The van der Waals surface area contributed by atoms with Gasteiger partial charge in [0.15, 0.2) is 0 Å². The zero-order chi connectivity index (χ0) is 19.8. The quantitative estimate of drug-likeness (QED) is 0.656. The van der Waals surface area contributed by atoms with Crippen LogP contribution in [0.4, 0.5) is 4.79 Å². The molecule has 2 aromatic rings. The van der Waals surface area contributed by atoms with Crippen molar-refractivity contribution < 1.29 is 9.53 Å². The van der Waals surface area contributed by atoms with Gasteiger partial charge in [-0.3, -0.25) is 4.98 Å². The molecule has 0 spiro atoms. The van der Waals surface area contributed by atoms with Crippen molar-refractivity contribution in [2.24, 2.45) is 17.8 Å². The summed E-state index contributed by atoms with van der Waals surface area (Å²) in [7, 11) is 0. The van der Waals surface area contributed by atoms with E-state index in [9.17, 15) is 4.79 Å². The Hall–Kier alpha value is -2.33. The Morgan fingerprint density at radius 1 is 1.14 bits per heavy atom. The van der Waals surface area contributed by atoms with Gasteiger partial charge < -0.3 is 9.64 Å². The van der Waals surface area contributed by atoms with Crippen molar-refractivity contribution in [3.05, 3.63) is 59.4 Å². The van der Waals surface area contributed by atoms with Crippen LogP contribution >= 0.6 is 11.6 Å². The molecule has 3 aliphatic rings. The number of ether oxygens (including phenoxy) is 1. The van der Waals surface area contributed by atoms with Gasteiger partial charge in [0.1, 0.15) is 6.61 Å². The summed E-state index contributed by atoms with van der Waals surface area (Å²) in [5, 5.41) is 0.726. The number of hydrogen-bond acceptors (Lipinski definition) is 3. The molecule has 4 atom stereocenters. The minimum absolute atomic E-state index is 0.138. The Morgan fingerprint density at radius 2 is 2.03 bits per heavy atom. The fourth-order valence-electron chi connectivity index (χ4n) is 5.32. The second kappa shape index (κ2) is 7.83. The molecule has 0 bridgehead atoms. The van der Waals surface area contributed by atoms with Crippen molar-refractivity contribution in [1.82, 2.24) is 9.88 Å². The molecule has 0 N–H and O–H groups in total. The Labute approximate surface area is 176 Å². The molecule has 3 unspecified atom stereocenters. The fraction of sp³-hybridized carbons (Fsp3) is 0.417. The molecule has 1 aromatic carbocycles. The number of carbonyl (C=O) groups excluding carboxylic acids is 1. The van der Waals surface area contributed by atoms with Crippen molar-refractivity contribution in [1.29, 1.82) is 0 Å². The second-order valence-electron chi connectivity index (χ2n) is 8.42. The Kier molecular flexibility index (Phi) is 5.04. The molecule has 4 nitrogen and oxygen atoms in total. The summed E-state index contributed by atoms with van der Waals surface area (Å²) in [5.41, 5.74) is 3.05. The van der Waals surface area contributed by atoms with Crippen LogP contribution in [0.15, 0.2) is 48.7 Å². The number of carbonyl (C=O) groups is 1. The molecule has 5 rings (SSSR count). The van der Waals surface area contributed by atoms with Gasteiger partial charge in [0, 0.05) is 29.2 Å². The highest BCUT2D eigenvalue weighted by Crippen LogP contribution is 2.44. The van der Waals surface area contributed by atoms with Gasteiger partial charge in [0.05, 0.1) is 11.7 Å². The van der Waals surface area contributed by atoms with Crippen molar-refractivity contribution >= 4 is 23.8 Å². The molecule has 1 aliphatic carbocycles. The number of rotatable bonds is 3. The van der Waals surface area contributed by atoms with Crippen LogP contribution in [0, 0.1) is 17.8 Å². The van der Waals surface area contributed by atoms with Crippen molar-refractivity contribution in [3.8, 4) is 11.1 Å². The lowest BCUT2D eigenvalue weighted by Crippen LogP contribution is -2.52. The average Bonchev–Trinajstić information content (AvgIpc) is 3.12. The van der Waals surface area contributed by atoms with Crippen molar-refractivity contribution in [3.63, 3.8) is 0 Å². The summed E-state index contributed by atoms with van der Waals surface area (Å²) in [6.45, 7) is 1.38. The maximum absolute atomic E-state index is 12.2. The number of hydrogen-bond donors (Lipinski definition) is 0. The standard InChI is InChI=1S/C24H25ClN2O2/c25-19-6-3-5-16(12-19)17-8-9-20(26-13-17)10-11-22-21-7-2-1-4-18(21)14-27-23(22)15-29-24(27)28/h3,5-6,8-13,18,21-23H,1-2,4,7,14-15H2/b11-10+/t18?,21?,22?,23-/m1/s1. The smallest absolute Gasteiger partial charge is 0.410 e. The third-order valence-electron chi connectivity index (χ3n) is 6.78. The van der Waals surface area contributed by atoms with Gasteiger partial charge in [0.25, 0.3) is 0 Å². The lowest BCUT2D eigenvalue weighted by Gasteiger charge is -2.46. The van der Waals surface area contributed by atoms with E-state index in [-0.39, 0.29) is 12.1 Å². The Bertz CT molecular complexity index is 927. The van der Waals surface area contributed by atoms with Gasteiger partial charge in [0.2, 0.25) is 0 Å². The van der Waals surface area contributed by atoms with Crippen molar-refractivity contribution in [2.75, 3.05) is 13.2 Å². The molecule has 2 saturated heterocycles. The normalized spacial score (nSPS) is 28.9. The van der Waals surface area contributed by atoms with Gasteiger partial charge in [-0.15, -0.1) is 0 Å². The number of pyridine rings is 1. The fourth-order valence-corrected chi connectivity index (χ4v) is 5.52. The molecule has 3 heterocycles. The van der Waals surface area contributed by atoms with Crippen LogP contribution in [0.2, 0.25) is 5.02 Å². The molecular weight excluding hydrogens is 384 g/mol. The molecule has 3 fully saturated rings. The minimum Gasteiger partial charge on any atom is -0.447 e. The molecule has 1 aromatic heterocycles. The topological polar surface area (TPSA) is 42.4 Å². The highest BCUT2D eigenvalue weighted by atomic mass is 35.5. The monoisotopic (exact) mass is 408 g/mol. The SMILES string of the molecule is O=C1OC[C@@H]2C(/C=C/c3ccc(-c4cccc(Cl)c4)cn3)C3CCCCC3CN12. The number of amides is 1. The van der Waals surface area contributed by atoms with Crippen LogP contribution in [0.3, 0.4) is 0 Å². The third kappa shape index (κ3) is 3.66. The first-order chi connectivity index (χ1) is 14.2. The number of halogens is 1. The van der Waals surface area contributed by atoms with E-state index in [0.717, 1.165) is 28.4 Å². The molecular formula is C24H25ClN2O2. The van der Waals surface area contributed by atoms with E-state index in [1.54, 1.807) is 0 Å². The van der Waals surface area contributed by atoms with E-state index in [4.69, 9.17) is 16.3 Å². The van der Waals surface area contributed by atoms with Crippen LogP contribution in [-0.4, -0.2) is 35.2 Å². The molecule has 0 radical (unpaired) electrons. The lowest BCUT2D eigenvalue weighted by molar-refractivity contribution is 0.0472. The molecule has 2 aliphatic heterocycles. The summed E-state index contributed by atoms with van der Waals surface area (Å²) in [5.74, 6) is 1.58. The maximum atomic E-state index is 12.2. The van der Waals surface area contributed by atoms with Crippen LogP contribution in [0.1, 0.15) is 31.4 Å². The van der Waals surface area contributed by atoms with Gasteiger partial charge in [-0.2, -0.15) is 0 Å². The largest absolute Gasteiger partial charge is 0.447 e. The molecule has 150 valence electrons. The molecule has 1 amide bonds. The zero-order valence-electron chi connectivity index (χ0n) is 16.3. The number of nitrogens with zero attached hydrogens (tertiary/aromatic N) is 2. The maximum Gasteiger partial charge on any atom is 0.410 e. The van der Waals surface area contributed by atoms with Gasteiger partial charge in [-0.1, -0.05) is 48.7 Å². The Morgan fingerprint density at radius 3 is 2.86 bits per heavy atom. The highest BCUT2D eigenvalue weighted by Gasteiger charge is 2.48. The predicted molar refractivity (Wildman–Crippen MR) is 114 cm³/mol. The summed E-state index contributed by atoms with van der Waals surface area (Å²) in [6, 6.07) is 12.1.